The first-order chi connectivity index (χ1) is 12.3. The summed E-state index contributed by atoms with van der Waals surface area (Å²) in [4.78, 5) is 0. The van der Waals surface area contributed by atoms with Crippen LogP contribution in [0.25, 0.3) is 21.8 Å². The van der Waals surface area contributed by atoms with Gasteiger partial charge in [-0.3, -0.25) is 0 Å². The molecule has 4 aromatic rings. The summed E-state index contributed by atoms with van der Waals surface area (Å²) in [7, 11) is 0. The van der Waals surface area contributed by atoms with E-state index >= 15 is 0 Å². The molecule has 0 saturated carbocycles. The lowest BCUT2D eigenvalue weighted by Gasteiger charge is -2.11. The van der Waals surface area contributed by atoms with Gasteiger partial charge in [-0.25, -0.2) is 0 Å². The number of aryl methyl sites for hydroxylation is 1. The molecule has 0 spiro atoms. The first-order valence-corrected chi connectivity index (χ1v) is 8.81. The minimum absolute atomic E-state index is 0.588. The van der Waals surface area contributed by atoms with Crippen LogP contribution in [0.4, 0.5) is 11.4 Å². The number of thiocarbonyl (C=S) groups is 1. The molecule has 2 N–H and O–H groups in total. The third-order valence-corrected chi connectivity index (χ3v) is 4.58. The molecule has 0 unspecified atom stereocenters. The fraction of sp³-hybridized carbons (Fsp3) is 0.0952. The van der Waals surface area contributed by atoms with Gasteiger partial charge in [0.2, 0.25) is 0 Å². The lowest BCUT2D eigenvalue weighted by Crippen LogP contribution is -2.18. The standard InChI is InChI=1S/C21H19N3S/c1-2-24-19-11-7-6-10-17(19)18-14-16(12-13-20(18)24)23-21(25)22-15-8-4-3-5-9-15/h3-14H,2H2,1H3,(H2,22,23,25). The maximum Gasteiger partial charge on any atom is 0.175 e. The summed E-state index contributed by atoms with van der Waals surface area (Å²) in [6.07, 6.45) is 0. The maximum atomic E-state index is 5.44. The van der Waals surface area contributed by atoms with Crippen LogP contribution >= 0.6 is 12.2 Å². The highest BCUT2D eigenvalue weighted by Crippen LogP contribution is 2.31. The normalized spacial score (nSPS) is 10.9. The van der Waals surface area contributed by atoms with Crippen molar-refractivity contribution in [2.75, 3.05) is 10.6 Å². The van der Waals surface area contributed by atoms with Crippen molar-refractivity contribution in [3.05, 3.63) is 72.8 Å². The number of anilines is 2. The predicted molar refractivity (Wildman–Crippen MR) is 111 cm³/mol. The molecule has 0 fully saturated rings. The molecule has 25 heavy (non-hydrogen) atoms. The second kappa shape index (κ2) is 6.57. The molecule has 3 aromatic carbocycles. The molecule has 0 aliphatic carbocycles. The summed E-state index contributed by atoms with van der Waals surface area (Å²) in [5.41, 5.74) is 4.47. The molecule has 0 aliphatic rings. The second-order valence-corrected chi connectivity index (χ2v) is 6.35. The van der Waals surface area contributed by atoms with Crippen molar-refractivity contribution >= 4 is 50.5 Å². The van der Waals surface area contributed by atoms with Gasteiger partial charge in [-0.1, -0.05) is 36.4 Å². The molecule has 0 atom stereocenters. The van der Waals surface area contributed by atoms with Crippen LogP contribution in [0.1, 0.15) is 6.92 Å². The minimum Gasteiger partial charge on any atom is -0.341 e. The lowest BCUT2D eigenvalue weighted by atomic mass is 10.1. The van der Waals surface area contributed by atoms with E-state index in [-0.39, 0.29) is 0 Å². The van der Waals surface area contributed by atoms with Crippen LogP contribution in [-0.4, -0.2) is 9.68 Å². The number of benzene rings is 3. The van der Waals surface area contributed by atoms with Gasteiger partial charge in [-0.2, -0.15) is 0 Å². The Balaban J connectivity index is 1.67. The van der Waals surface area contributed by atoms with Crippen LogP contribution < -0.4 is 10.6 Å². The van der Waals surface area contributed by atoms with Crippen molar-refractivity contribution in [3.8, 4) is 0 Å². The van der Waals surface area contributed by atoms with E-state index < -0.39 is 0 Å². The highest BCUT2D eigenvalue weighted by Gasteiger charge is 2.10. The Morgan fingerprint density at radius 2 is 1.48 bits per heavy atom. The van der Waals surface area contributed by atoms with Crippen LogP contribution in [0.15, 0.2) is 72.8 Å². The quantitative estimate of drug-likeness (QED) is 0.472. The van der Waals surface area contributed by atoms with Crippen molar-refractivity contribution in [1.29, 1.82) is 0 Å². The number of nitrogens with one attached hydrogen (secondary N) is 2. The van der Waals surface area contributed by atoms with Gasteiger partial charge < -0.3 is 15.2 Å². The SMILES string of the molecule is CCn1c2ccccc2c2cc(NC(=S)Nc3ccccc3)ccc21. The van der Waals surface area contributed by atoms with Crippen molar-refractivity contribution in [1.82, 2.24) is 4.57 Å². The van der Waals surface area contributed by atoms with Gasteiger partial charge in [-0.05, 0) is 55.5 Å². The molecule has 3 nitrogen and oxygen atoms in total. The summed E-state index contributed by atoms with van der Waals surface area (Å²) < 4.78 is 2.34. The van der Waals surface area contributed by atoms with Gasteiger partial charge in [0.15, 0.2) is 5.11 Å². The summed E-state index contributed by atoms with van der Waals surface area (Å²) in [6, 6.07) is 24.9. The second-order valence-electron chi connectivity index (χ2n) is 5.94. The highest BCUT2D eigenvalue weighted by atomic mass is 32.1. The molecular formula is C21H19N3S. The molecular weight excluding hydrogens is 326 g/mol. The Labute approximate surface area is 152 Å². The number of nitrogens with zero attached hydrogens (tertiary/aromatic N) is 1. The van der Waals surface area contributed by atoms with Gasteiger partial charge in [0.05, 0.1) is 0 Å². The zero-order chi connectivity index (χ0) is 17.2. The monoisotopic (exact) mass is 345 g/mol. The largest absolute Gasteiger partial charge is 0.341 e. The Morgan fingerprint density at radius 3 is 2.28 bits per heavy atom. The summed E-state index contributed by atoms with van der Waals surface area (Å²) in [6.45, 7) is 3.13. The van der Waals surface area contributed by atoms with Crippen LogP contribution in [0.2, 0.25) is 0 Å². The fourth-order valence-electron chi connectivity index (χ4n) is 3.29. The van der Waals surface area contributed by atoms with Gasteiger partial charge in [0.1, 0.15) is 0 Å². The van der Waals surface area contributed by atoms with Crippen LogP contribution in [0.3, 0.4) is 0 Å². The van der Waals surface area contributed by atoms with E-state index in [2.05, 4.69) is 64.6 Å². The van der Waals surface area contributed by atoms with Gasteiger partial charge in [0, 0.05) is 39.7 Å². The smallest absolute Gasteiger partial charge is 0.175 e. The number of para-hydroxylation sites is 2. The number of hydrogen-bond acceptors (Lipinski definition) is 1. The number of fused-ring (bicyclic) bond motifs is 3. The van der Waals surface area contributed by atoms with Crippen LogP contribution in [0.5, 0.6) is 0 Å². The summed E-state index contributed by atoms with van der Waals surface area (Å²) >= 11 is 5.44. The minimum atomic E-state index is 0.588. The molecule has 4 rings (SSSR count). The molecule has 0 aliphatic heterocycles. The zero-order valence-corrected chi connectivity index (χ0v) is 14.8. The topological polar surface area (TPSA) is 29.0 Å². The Kier molecular flexibility index (Phi) is 4.12. The van der Waals surface area contributed by atoms with Crippen molar-refractivity contribution < 1.29 is 0 Å². The summed E-state index contributed by atoms with van der Waals surface area (Å²) in [5, 5.41) is 9.59. The zero-order valence-electron chi connectivity index (χ0n) is 14.0. The van der Waals surface area contributed by atoms with E-state index in [0.717, 1.165) is 17.9 Å². The third-order valence-electron chi connectivity index (χ3n) is 4.38. The van der Waals surface area contributed by atoms with Gasteiger partial charge in [0.25, 0.3) is 0 Å². The van der Waals surface area contributed by atoms with Crippen LogP contribution in [0, 0.1) is 0 Å². The molecule has 1 aromatic heterocycles. The highest BCUT2D eigenvalue weighted by molar-refractivity contribution is 7.80. The molecule has 0 saturated heterocycles. The summed E-state index contributed by atoms with van der Waals surface area (Å²) in [5.74, 6) is 0. The van der Waals surface area contributed by atoms with Gasteiger partial charge in [-0.15, -0.1) is 0 Å². The van der Waals surface area contributed by atoms with E-state index in [1.54, 1.807) is 0 Å². The van der Waals surface area contributed by atoms with Crippen LogP contribution in [-0.2, 0) is 6.54 Å². The molecule has 0 radical (unpaired) electrons. The molecule has 1 heterocycles. The number of aromatic nitrogens is 1. The Hall–Kier alpha value is -2.85. The van der Waals surface area contributed by atoms with E-state index in [4.69, 9.17) is 12.2 Å². The third kappa shape index (κ3) is 2.96. The molecule has 0 amide bonds. The number of hydrogen-bond donors (Lipinski definition) is 2. The van der Waals surface area contributed by atoms with Crippen molar-refractivity contribution in [2.24, 2.45) is 0 Å². The van der Waals surface area contributed by atoms with Crippen molar-refractivity contribution in [2.45, 2.75) is 13.5 Å². The lowest BCUT2D eigenvalue weighted by molar-refractivity contribution is 0.827. The predicted octanol–water partition coefficient (Wildman–Crippen LogP) is 5.62. The number of rotatable bonds is 3. The van der Waals surface area contributed by atoms with Crippen molar-refractivity contribution in [3.63, 3.8) is 0 Å². The first kappa shape index (κ1) is 15.7. The van der Waals surface area contributed by atoms with Gasteiger partial charge >= 0.3 is 0 Å². The average Bonchev–Trinajstić information content (AvgIpc) is 2.95. The van der Waals surface area contributed by atoms with E-state index in [1.165, 1.54) is 21.8 Å². The maximum absolute atomic E-state index is 5.44. The fourth-order valence-corrected chi connectivity index (χ4v) is 3.52. The Morgan fingerprint density at radius 1 is 0.800 bits per heavy atom. The molecule has 0 bridgehead atoms. The van der Waals surface area contributed by atoms with E-state index in [0.29, 0.717) is 5.11 Å². The molecule has 4 heteroatoms. The molecule has 124 valence electrons. The first-order valence-electron chi connectivity index (χ1n) is 8.40. The van der Waals surface area contributed by atoms with E-state index in [1.807, 2.05) is 30.3 Å². The van der Waals surface area contributed by atoms with E-state index in [9.17, 15) is 0 Å². The average molecular weight is 345 g/mol. The Bertz CT molecular complexity index is 1050.